The van der Waals surface area contributed by atoms with Gasteiger partial charge in [-0.15, -0.1) is 0 Å². The fourth-order valence-electron chi connectivity index (χ4n) is 3.75. The molecule has 0 unspecified atom stereocenters. The Hall–Kier alpha value is -1.89. The van der Waals surface area contributed by atoms with Crippen LogP contribution >= 0.6 is 11.6 Å². The number of nitrogen functional groups attached to an aromatic ring is 1. The lowest BCUT2D eigenvalue weighted by Crippen LogP contribution is -2.01. The highest BCUT2D eigenvalue weighted by Gasteiger charge is 2.10. The largest absolute Gasteiger partial charge is 0.469 e. The summed E-state index contributed by atoms with van der Waals surface area (Å²) in [6, 6.07) is 0. The van der Waals surface area contributed by atoms with Crippen LogP contribution in [0.5, 0.6) is 0 Å². The first-order chi connectivity index (χ1) is 14.6. The van der Waals surface area contributed by atoms with Crippen molar-refractivity contribution < 1.29 is 9.53 Å². The lowest BCUT2D eigenvalue weighted by molar-refractivity contribution is -0.140. The van der Waals surface area contributed by atoms with Gasteiger partial charge >= 0.3 is 5.97 Å². The Labute approximate surface area is 184 Å². The molecule has 30 heavy (non-hydrogen) atoms. The highest BCUT2D eigenvalue weighted by Crippen LogP contribution is 2.20. The average molecular weight is 438 g/mol. The van der Waals surface area contributed by atoms with Crippen molar-refractivity contribution >= 4 is 34.6 Å². The van der Waals surface area contributed by atoms with Crippen LogP contribution in [0.4, 0.5) is 5.82 Å². The number of carbonyl (C=O) groups excluding carboxylic acids is 1. The van der Waals surface area contributed by atoms with Gasteiger partial charge in [0.05, 0.1) is 13.4 Å². The minimum absolute atomic E-state index is 0.0881. The highest BCUT2D eigenvalue weighted by molar-refractivity contribution is 6.28. The Morgan fingerprint density at radius 1 is 0.933 bits per heavy atom. The van der Waals surface area contributed by atoms with Gasteiger partial charge in [-0.2, -0.15) is 9.97 Å². The van der Waals surface area contributed by atoms with E-state index in [1.165, 1.54) is 71.3 Å². The van der Waals surface area contributed by atoms with Gasteiger partial charge in [-0.25, -0.2) is 4.98 Å². The number of carbonyl (C=O) groups is 1. The normalized spacial score (nSPS) is 11.3. The number of anilines is 1. The summed E-state index contributed by atoms with van der Waals surface area (Å²) >= 11 is 5.82. The third-order valence-electron chi connectivity index (χ3n) is 5.48. The van der Waals surface area contributed by atoms with Crippen molar-refractivity contribution in [3.8, 4) is 0 Å². The van der Waals surface area contributed by atoms with Gasteiger partial charge in [0.15, 0.2) is 11.5 Å². The summed E-state index contributed by atoms with van der Waals surface area (Å²) in [6.45, 7) is 0.880. The fraction of sp³-hybridized carbons (Fsp3) is 0.727. The molecule has 0 aromatic carbocycles. The zero-order chi connectivity index (χ0) is 21.6. The van der Waals surface area contributed by atoms with Crippen LogP contribution in [0.15, 0.2) is 6.33 Å². The number of unbranched alkanes of at least 4 members (excludes halogenated alkanes) is 12. The van der Waals surface area contributed by atoms with Crippen LogP contribution in [0.25, 0.3) is 11.2 Å². The number of halogens is 1. The molecule has 2 aromatic rings. The monoisotopic (exact) mass is 437 g/mol. The molecular formula is C22H36ClN5O2. The molecule has 0 radical (unpaired) electrons. The van der Waals surface area contributed by atoms with Crippen molar-refractivity contribution in [3.63, 3.8) is 0 Å². The zero-order valence-electron chi connectivity index (χ0n) is 18.2. The van der Waals surface area contributed by atoms with Crippen molar-refractivity contribution in [2.45, 2.75) is 96.4 Å². The molecule has 0 saturated carbocycles. The van der Waals surface area contributed by atoms with E-state index >= 15 is 0 Å². The van der Waals surface area contributed by atoms with Crippen LogP contribution in [0.3, 0.4) is 0 Å². The predicted molar refractivity (Wildman–Crippen MR) is 121 cm³/mol. The van der Waals surface area contributed by atoms with E-state index in [2.05, 4.69) is 19.7 Å². The summed E-state index contributed by atoms with van der Waals surface area (Å²) < 4.78 is 6.67. The molecule has 0 atom stereocenters. The molecule has 0 saturated heterocycles. The molecule has 0 fully saturated rings. The molecule has 0 aliphatic heterocycles. The second-order valence-corrected chi connectivity index (χ2v) is 8.25. The minimum Gasteiger partial charge on any atom is -0.469 e. The van der Waals surface area contributed by atoms with Crippen molar-refractivity contribution in [2.75, 3.05) is 12.8 Å². The summed E-state index contributed by atoms with van der Waals surface area (Å²) in [7, 11) is 1.45. The molecule has 0 amide bonds. The van der Waals surface area contributed by atoms with Crippen LogP contribution in [-0.4, -0.2) is 32.6 Å². The molecule has 2 heterocycles. The van der Waals surface area contributed by atoms with E-state index in [4.69, 9.17) is 17.3 Å². The molecule has 2 aromatic heterocycles. The third-order valence-corrected chi connectivity index (χ3v) is 5.65. The van der Waals surface area contributed by atoms with Crippen molar-refractivity contribution in [1.29, 1.82) is 0 Å². The standard InChI is InChI=1S/C22H36ClN5O2/c1-30-18(29)15-13-11-9-7-5-3-2-4-6-8-10-12-14-16-28-17-25-21-19(28)20(24)26-22(23)27-21/h17H,2-16H2,1H3,(H2,24,26,27). The molecular weight excluding hydrogens is 402 g/mol. The number of aryl methyl sites for hydroxylation is 1. The first-order valence-electron chi connectivity index (χ1n) is 11.3. The van der Waals surface area contributed by atoms with Gasteiger partial charge < -0.3 is 15.0 Å². The quantitative estimate of drug-likeness (QED) is 0.205. The fourth-order valence-corrected chi connectivity index (χ4v) is 3.92. The number of ether oxygens (including phenoxy) is 1. The van der Waals surface area contributed by atoms with Crippen LogP contribution in [-0.2, 0) is 16.1 Å². The van der Waals surface area contributed by atoms with Crippen LogP contribution < -0.4 is 5.73 Å². The molecule has 7 nitrogen and oxygen atoms in total. The Balaban J connectivity index is 1.40. The number of rotatable bonds is 16. The first-order valence-corrected chi connectivity index (χ1v) is 11.7. The average Bonchev–Trinajstić information content (AvgIpc) is 3.13. The summed E-state index contributed by atoms with van der Waals surface area (Å²) in [5.74, 6) is 0.304. The van der Waals surface area contributed by atoms with E-state index in [1.807, 2.05) is 4.57 Å². The van der Waals surface area contributed by atoms with E-state index in [1.54, 1.807) is 6.33 Å². The Kier molecular flexibility index (Phi) is 11.5. The van der Waals surface area contributed by atoms with E-state index in [0.29, 0.717) is 17.9 Å². The van der Waals surface area contributed by atoms with E-state index in [-0.39, 0.29) is 11.3 Å². The van der Waals surface area contributed by atoms with Crippen LogP contribution in [0.2, 0.25) is 5.28 Å². The number of nitrogens with zero attached hydrogens (tertiary/aromatic N) is 4. The highest BCUT2D eigenvalue weighted by atomic mass is 35.5. The molecule has 2 rings (SSSR count). The number of imidazole rings is 1. The predicted octanol–water partition coefficient (Wildman–Crippen LogP) is 5.70. The SMILES string of the molecule is COC(=O)CCCCCCCCCCCCCCCn1cnc2nc(Cl)nc(N)c21. The van der Waals surface area contributed by atoms with Gasteiger partial charge in [-0.3, -0.25) is 4.79 Å². The summed E-state index contributed by atoms with van der Waals surface area (Å²) in [5, 5.41) is 0.140. The number of nitrogens with two attached hydrogens (primary N) is 1. The maximum Gasteiger partial charge on any atom is 0.305 e. The lowest BCUT2D eigenvalue weighted by Gasteiger charge is -2.06. The van der Waals surface area contributed by atoms with Crippen LogP contribution in [0, 0.1) is 0 Å². The minimum atomic E-state index is -0.0881. The second-order valence-electron chi connectivity index (χ2n) is 7.91. The van der Waals surface area contributed by atoms with Gasteiger partial charge in [-0.1, -0.05) is 70.6 Å². The van der Waals surface area contributed by atoms with Crippen LogP contribution in [0.1, 0.15) is 89.9 Å². The van der Waals surface area contributed by atoms with Gasteiger partial charge in [0, 0.05) is 13.0 Å². The Morgan fingerprint density at radius 3 is 2.03 bits per heavy atom. The summed E-state index contributed by atoms with van der Waals surface area (Å²) in [4.78, 5) is 23.4. The van der Waals surface area contributed by atoms with E-state index in [0.717, 1.165) is 31.3 Å². The summed E-state index contributed by atoms with van der Waals surface area (Å²) in [6.07, 6.45) is 18.5. The Bertz CT molecular complexity index is 765. The molecule has 2 N–H and O–H groups in total. The topological polar surface area (TPSA) is 95.9 Å². The maximum absolute atomic E-state index is 11.0. The van der Waals surface area contributed by atoms with E-state index < -0.39 is 0 Å². The van der Waals surface area contributed by atoms with Gasteiger partial charge in [0.2, 0.25) is 5.28 Å². The molecule has 0 aliphatic carbocycles. The number of aromatic nitrogens is 4. The molecule has 0 aliphatic rings. The molecule has 168 valence electrons. The number of methoxy groups -OCH3 is 1. The number of fused-ring (bicyclic) bond motifs is 1. The molecule has 0 bridgehead atoms. The molecule has 8 heteroatoms. The van der Waals surface area contributed by atoms with Gasteiger partial charge in [0.25, 0.3) is 0 Å². The maximum atomic E-state index is 11.0. The zero-order valence-corrected chi connectivity index (χ0v) is 19.0. The van der Waals surface area contributed by atoms with Crippen molar-refractivity contribution in [2.24, 2.45) is 0 Å². The summed E-state index contributed by atoms with van der Waals surface area (Å²) in [5.41, 5.74) is 7.30. The van der Waals surface area contributed by atoms with E-state index in [9.17, 15) is 4.79 Å². The van der Waals surface area contributed by atoms with Crippen molar-refractivity contribution in [3.05, 3.63) is 11.6 Å². The molecule has 0 spiro atoms. The number of hydrogen-bond donors (Lipinski definition) is 1. The Morgan fingerprint density at radius 2 is 1.47 bits per heavy atom. The lowest BCUT2D eigenvalue weighted by atomic mass is 10.0. The first kappa shape index (κ1) is 24.4. The van der Waals surface area contributed by atoms with Crippen molar-refractivity contribution in [1.82, 2.24) is 19.5 Å². The number of esters is 1. The second kappa shape index (κ2) is 14.2. The smallest absolute Gasteiger partial charge is 0.305 e. The van der Waals surface area contributed by atoms with Gasteiger partial charge in [-0.05, 0) is 24.4 Å². The third kappa shape index (κ3) is 8.86. The van der Waals surface area contributed by atoms with Gasteiger partial charge in [0.1, 0.15) is 5.52 Å². The number of hydrogen-bond acceptors (Lipinski definition) is 6.